The van der Waals surface area contributed by atoms with Crippen LogP contribution in [-0.2, 0) is 15.1 Å². The molecule has 0 heterocycles. The first-order valence-corrected chi connectivity index (χ1v) is 10.5. The fraction of sp³-hybridized carbons (Fsp3) is 0.259. The molecule has 0 spiro atoms. The van der Waals surface area contributed by atoms with E-state index in [1.807, 2.05) is 78.9 Å². The van der Waals surface area contributed by atoms with Gasteiger partial charge < -0.3 is 24.1 Å². The molecule has 3 rings (SSSR count). The summed E-state index contributed by atoms with van der Waals surface area (Å²) in [7, 11) is 3.27. The van der Waals surface area contributed by atoms with Crippen LogP contribution in [0, 0.1) is 0 Å². The minimum atomic E-state index is -1.10. The van der Waals surface area contributed by atoms with Crippen LogP contribution in [-0.4, -0.2) is 45.3 Å². The van der Waals surface area contributed by atoms with Crippen LogP contribution in [0.1, 0.15) is 16.7 Å². The number of methoxy groups -OCH3 is 2. The summed E-state index contributed by atoms with van der Waals surface area (Å²) in [4.78, 5) is 0. The molecule has 0 unspecified atom stereocenters. The van der Waals surface area contributed by atoms with Gasteiger partial charge in [0, 0.05) is 11.1 Å². The Hall–Kier alpha value is -3.12. The second-order valence-corrected chi connectivity index (χ2v) is 7.24. The highest BCUT2D eigenvalue weighted by Gasteiger charge is 2.42. The summed E-state index contributed by atoms with van der Waals surface area (Å²) in [5.74, 6) is 1.33. The standard InChI is InChI=1S/C27H30O5/c1-4-18-31-19-22(28)20-32-27(21-12-6-5-7-13-21,23-14-8-10-16-25(23)29-2)24-15-9-11-17-26(24)30-3/h4-17,22,28H,1,18-20H2,2-3H3/t22-/m1/s1. The van der Waals surface area contributed by atoms with E-state index in [1.54, 1.807) is 20.3 Å². The first-order chi connectivity index (χ1) is 15.7. The molecule has 0 fully saturated rings. The van der Waals surface area contributed by atoms with Crippen molar-refractivity contribution in [1.82, 2.24) is 0 Å². The summed E-state index contributed by atoms with van der Waals surface area (Å²) >= 11 is 0. The number of rotatable bonds is 12. The van der Waals surface area contributed by atoms with Gasteiger partial charge in [-0.15, -0.1) is 6.58 Å². The Kier molecular flexibility index (Phi) is 8.45. The molecule has 168 valence electrons. The number of aliphatic hydroxyl groups excluding tert-OH is 1. The molecule has 0 saturated carbocycles. The number of benzene rings is 3. The van der Waals surface area contributed by atoms with Crippen molar-refractivity contribution in [2.24, 2.45) is 0 Å². The number of ether oxygens (including phenoxy) is 4. The Morgan fingerprint density at radius 2 is 1.34 bits per heavy atom. The fourth-order valence-corrected chi connectivity index (χ4v) is 3.80. The van der Waals surface area contributed by atoms with Crippen molar-refractivity contribution in [2.45, 2.75) is 11.7 Å². The van der Waals surface area contributed by atoms with Crippen molar-refractivity contribution in [1.29, 1.82) is 0 Å². The van der Waals surface area contributed by atoms with Crippen LogP contribution < -0.4 is 9.47 Å². The molecule has 5 heteroatoms. The number of para-hydroxylation sites is 2. The van der Waals surface area contributed by atoms with Crippen molar-refractivity contribution in [3.05, 3.63) is 108 Å². The average molecular weight is 435 g/mol. The molecule has 0 aliphatic rings. The minimum absolute atomic E-state index is 0.0299. The second kappa shape index (κ2) is 11.5. The molecular formula is C27H30O5. The molecule has 5 nitrogen and oxygen atoms in total. The number of hydrogen-bond acceptors (Lipinski definition) is 5. The topological polar surface area (TPSA) is 57.2 Å². The Morgan fingerprint density at radius 1 is 0.812 bits per heavy atom. The predicted octanol–water partition coefficient (Wildman–Crippen LogP) is 4.58. The van der Waals surface area contributed by atoms with Gasteiger partial charge in [0.1, 0.15) is 17.6 Å². The van der Waals surface area contributed by atoms with Crippen molar-refractivity contribution in [3.63, 3.8) is 0 Å². The molecule has 3 aromatic rings. The summed E-state index contributed by atoms with van der Waals surface area (Å²) in [6, 6.07) is 25.3. The van der Waals surface area contributed by atoms with Gasteiger partial charge in [0.25, 0.3) is 0 Å². The van der Waals surface area contributed by atoms with Gasteiger partial charge in [-0.3, -0.25) is 0 Å². The van der Waals surface area contributed by atoms with Crippen LogP contribution in [0.2, 0.25) is 0 Å². The van der Waals surface area contributed by atoms with Crippen LogP contribution in [0.4, 0.5) is 0 Å². The van der Waals surface area contributed by atoms with Gasteiger partial charge in [-0.1, -0.05) is 72.8 Å². The Labute approximate surface area is 189 Å². The third kappa shape index (κ3) is 5.02. The van der Waals surface area contributed by atoms with E-state index in [0.29, 0.717) is 18.1 Å². The molecule has 0 bridgehead atoms. The molecule has 0 aliphatic heterocycles. The van der Waals surface area contributed by atoms with E-state index in [-0.39, 0.29) is 13.2 Å². The van der Waals surface area contributed by atoms with E-state index in [0.717, 1.165) is 16.7 Å². The van der Waals surface area contributed by atoms with Gasteiger partial charge in [-0.05, 0) is 17.7 Å². The Morgan fingerprint density at radius 3 is 1.88 bits per heavy atom. The van der Waals surface area contributed by atoms with Crippen molar-refractivity contribution in [3.8, 4) is 11.5 Å². The third-order valence-electron chi connectivity index (χ3n) is 5.19. The predicted molar refractivity (Wildman–Crippen MR) is 125 cm³/mol. The molecular weight excluding hydrogens is 404 g/mol. The summed E-state index contributed by atoms with van der Waals surface area (Å²) in [5.41, 5.74) is 1.39. The summed E-state index contributed by atoms with van der Waals surface area (Å²) in [5, 5.41) is 10.6. The van der Waals surface area contributed by atoms with Gasteiger partial charge in [0.2, 0.25) is 0 Å². The number of hydrogen-bond donors (Lipinski definition) is 1. The van der Waals surface area contributed by atoms with Crippen LogP contribution in [0.25, 0.3) is 0 Å². The molecule has 0 aliphatic carbocycles. The van der Waals surface area contributed by atoms with Crippen molar-refractivity contribution in [2.75, 3.05) is 34.0 Å². The first kappa shape index (κ1) is 23.5. The molecule has 1 N–H and O–H groups in total. The van der Waals surface area contributed by atoms with Crippen molar-refractivity contribution >= 4 is 0 Å². The van der Waals surface area contributed by atoms with Gasteiger partial charge in [0.15, 0.2) is 5.60 Å². The quantitative estimate of drug-likeness (QED) is 0.257. The molecule has 0 radical (unpaired) electrons. The lowest BCUT2D eigenvalue weighted by atomic mass is 9.79. The van der Waals surface area contributed by atoms with E-state index >= 15 is 0 Å². The zero-order valence-corrected chi connectivity index (χ0v) is 18.6. The molecule has 0 aromatic heterocycles. The van der Waals surface area contributed by atoms with Crippen LogP contribution in [0.15, 0.2) is 91.5 Å². The SMILES string of the molecule is C=CCOC[C@@H](O)COC(c1ccccc1)(c1ccccc1OC)c1ccccc1OC. The maximum atomic E-state index is 10.6. The summed E-state index contributed by atoms with van der Waals surface area (Å²) < 4.78 is 23.5. The van der Waals surface area contributed by atoms with E-state index in [1.165, 1.54) is 0 Å². The zero-order valence-electron chi connectivity index (χ0n) is 18.6. The minimum Gasteiger partial charge on any atom is -0.496 e. The summed E-state index contributed by atoms with van der Waals surface area (Å²) in [6.45, 7) is 4.16. The molecule has 32 heavy (non-hydrogen) atoms. The third-order valence-corrected chi connectivity index (χ3v) is 5.19. The highest BCUT2D eigenvalue weighted by atomic mass is 16.5. The van der Waals surface area contributed by atoms with E-state index in [9.17, 15) is 5.11 Å². The largest absolute Gasteiger partial charge is 0.496 e. The van der Waals surface area contributed by atoms with Crippen molar-refractivity contribution < 1.29 is 24.1 Å². The smallest absolute Gasteiger partial charge is 0.150 e. The second-order valence-electron chi connectivity index (χ2n) is 7.24. The Balaban J connectivity index is 2.20. The van der Waals surface area contributed by atoms with Crippen LogP contribution >= 0.6 is 0 Å². The van der Waals surface area contributed by atoms with E-state index < -0.39 is 11.7 Å². The number of aliphatic hydroxyl groups is 1. The molecule has 1 atom stereocenters. The highest BCUT2D eigenvalue weighted by molar-refractivity contribution is 5.56. The molecule has 3 aromatic carbocycles. The average Bonchev–Trinajstić information content (AvgIpc) is 2.85. The first-order valence-electron chi connectivity index (χ1n) is 10.5. The maximum Gasteiger partial charge on any atom is 0.150 e. The highest BCUT2D eigenvalue weighted by Crippen LogP contribution is 2.47. The normalized spacial score (nSPS) is 12.2. The van der Waals surface area contributed by atoms with Gasteiger partial charge in [-0.25, -0.2) is 0 Å². The molecule has 0 saturated heterocycles. The summed E-state index contributed by atoms with van der Waals surface area (Å²) in [6.07, 6.45) is 0.813. The van der Waals surface area contributed by atoms with Gasteiger partial charge in [-0.2, -0.15) is 0 Å². The monoisotopic (exact) mass is 434 g/mol. The Bertz CT molecular complexity index is 939. The van der Waals surface area contributed by atoms with Gasteiger partial charge in [0.05, 0.1) is 34.0 Å². The lowest BCUT2D eigenvalue weighted by molar-refractivity contribution is -0.0624. The van der Waals surface area contributed by atoms with E-state index in [2.05, 4.69) is 6.58 Å². The lowest BCUT2D eigenvalue weighted by Crippen LogP contribution is -2.37. The fourth-order valence-electron chi connectivity index (χ4n) is 3.80. The zero-order chi connectivity index (χ0) is 22.8. The van der Waals surface area contributed by atoms with Crippen LogP contribution in [0.5, 0.6) is 11.5 Å². The van der Waals surface area contributed by atoms with E-state index in [4.69, 9.17) is 18.9 Å². The van der Waals surface area contributed by atoms with Crippen LogP contribution in [0.3, 0.4) is 0 Å². The van der Waals surface area contributed by atoms with Gasteiger partial charge >= 0.3 is 0 Å². The lowest BCUT2D eigenvalue weighted by Gasteiger charge is -2.38. The maximum absolute atomic E-state index is 10.6. The molecule has 0 amide bonds.